The SMILES string of the molecule is O=C(NC(=S)Nc1ccccc1)c1cn(CCO)c2c(cc(Cl)c3ncccc32)c1=O. The molecule has 0 spiro atoms. The first-order chi connectivity index (χ1) is 15.0. The highest BCUT2D eigenvalue weighted by molar-refractivity contribution is 7.80. The summed E-state index contributed by atoms with van der Waals surface area (Å²) in [5.41, 5.74) is 1.19. The van der Waals surface area contributed by atoms with Gasteiger partial charge in [-0.2, -0.15) is 0 Å². The lowest BCUT2D eigenvalue weighted by atomic mass is 10.1. The number of nitrogens with one attached hydrogen (secondary N) is 2. The molecule has 4 rings (SSSR count). The summed E-state index contributed by atoms with van der Waals surface area (Å²) in [6, 6.07) is 14.1. The second kappa shape index (κ2) is 8.81. The summed E-state index contributed by atoms with van der Waals surface area (Å²) >= 11 is 11.6. The standard InChI is InChI=1S/C22H17ClN4O3S/c23-17-11-15-19(14-7-4-8-24-18(14)17)27(9-10-28)12-16(20(15)29)21(30)26-22(31)25-13-5-2-1-3-6-13/h1-8,11-12,28H,9-10H2,(H2,25,26,30,31). The van der Waals surface area contributed by atoms with E-state index in [2.05, 4.69) is 15.6 Å². The molecule has 0 saturated heterocycles. The number of anilines is 1. The Labute approximate surface area is 187 Å². The Balaban J connectivity index is 1.78. The van der Waals surface area contributed by atoms with E-state index in [1.807, 2.05) is 18.2 Å². The number of pyridine rings is 2. The van der Waals surface area contributed by atoms with Crippen molar-refractivity contribution < 1.29 is 9.90 Å². The predicted octanol–water partition coefficient (Wildman–Crippen LogP) is 3.32. The number of rotatable bonds is 4. The molecule has 0 aliphatic rings. The summed E-state index contributed by atoms with van der Waals surface area (Å²) in [7, 11) is 0. The zero-order chi connectivity index (χ0) is 22.0. The van der Waals surface area contributed by atoms with Crippen molar-refractivity contribution in [1.29, 1.82) is 0 Å². The summed E-state index contributed by atoms with van der Waals surface area (Å²) in [5.74, 6) is -0.658. The lowest BCUT2D eigenvalue weighted by Gasteiger charge is -2.15. The van der Waals surface area contributed by atoms with Crippen molar-refractivity contribution in [2.24, 2.45) is 0 Å². The van der Waals surface area contributed by atoms with Gasteiger partial charge in [0.15, 0.2) is 5.11 Å². The number of para-hydroxylation sites is 1. The van der Waals surface area contributed by atoms with E-state index < -0.39 is 11.3 Å². The van der Waals surface area contributed by atoms with E-state index >= 15 is 0 Å². The molecular weight excluding hydrogens is 436 g/mol. The van der Waals surface area contributed by atoms with Gasteiger partial charge in [-0.05, 0) is 42.5 Å². The molecule has 0 bridgehead atoms. The molecule has 2 heterocycles. The molecule has 0 radical (unpaired) electrons. The third-order valence-corrected chi connectivity index (χ3v) is 5.21. The largest absolute Gasteiger partial charge is 0.395 e. The van der Waals surface area contributed by atoms with E-state index in [-0.39, 0.29) is 29.2 Å². The number of carbonyl (C=O) groups excluding carboxylic acids is 1. The number of carbonyl (C=O) groups is 1. The molecular formula is C22H17ClN4O3S. The Morgan fingerprint density at radius 1 is 1.16 bits per heavy atom. The number of benzene rings is 2. The van der Waals surface area contributed by atoms with Crippen LogP contribution in [0, 0.1) is 0 Å². The van der Waals surface area contributed by atoms with Crippen LogP contribution in [0.15, 0.2) is 65.7 Å². The average Bonchev–Trinajstić information content (AvgIpc) is 2.76. The minimum absolute atomic E-state index is 0.0603. The smallest absolute Gasteiger partial charge is 0.262 e. The Morgan fingerprint density at radius 2 is 1.94 bits per heavy atom. The summed E-state index contributed by atoms with van der Waals surface area (Å²) in [6.07, 6.45) is 3.03. The van der Waals surface area contributed by atoms with Crippen LogP contribution in [-0.4, -0.2) is 32.3 Å². The molecule has 31 heavy (non-hydrogen) atoms. The van der Waals surface area contributed by atoms with E-state index in [0.717, 1.165) is 0 Å². The van der Waals surface area contributed by atoms with Crippen LogP contribution in [0.25, 0.3) is 21.8 Å². The first-order valence-corrected chi connectivity index (χ1v) is 10.2. The Morgan fingerprint density at radius 3 is 2.68 bits per heavy atom. The lowest BCUT2D eigenvalue weighted by molar-refractivity contribution is 0.0976. The Bertz CT molecular complexity index is 1370. The lowest BCUT2D eigenvalue weighted by Crippen LogP contribution is -2.37. The number of halogens is 1. The third-order valence-electron chi connectivity index (χ3n) is 4.72. The number of fused-ring (bicyclic) bond motifs is 3. The molecule has 2 aromatic carbocycles. The van der Waals surface area contributed by atoms with Crippen molar-refractivity contribution in [1.82, 2.24) is 14.9 Å². The number of amides is 1. The van der Waals surface area contributed by atoms with Crippen LogP contribution in [0.2, 0.25) is 5.02 Å². The number of hydrogen-bond acceptors (Lipinski definition) is 5. The van der Waals surface area contributed by atoms with E-state index in [9.17, 15) is 14.7 Å². The van der Waals surface area contributed by atoms with Gasteiger partial charge in [-0.15, -0.1) is 0 Å². The van der Waals surface area contributed by atoms with Gasteiger partial charge in [0, 0.05) is 35.4 Å². The van der Waals surface area contributed by atoms with Crippen molar-refractivity contribution in [2.75, 3.05) is 11.9 Å². The third kappa shape index (κ3) is 4.13. The molecule has 0 unspecified atom stereocenters. The van der Waals surface area contributed by atoms with Crippen LogP contribution in [0.4, 0.5) is 5.69 Å². The van der Waals surface area contributed by atoms with Gasteiger partial charge in [0.25, 0.3) is 5.91 Å². The van der Waals surface area contributed by atoms with Gasteiger partial charge in [0.05, 0.1) is 22.7 Å². The van der Waals surface area contributed by atoms with Crippen LogP contribution in [0.1, 0.15) is 10.4 Å². The summed E-state index contributed by atoms with van der Waals surface area (Å²) < 4.78 is 1.65. The molecule has 0 aliphatic carbocycles. The van der Waals surface area contributed by atoms with Crippen LogP contribution < -0.4 is 16.1 Å². The Kier molecular flexibility index (Phi) is 5.94. The molecule has 1 amide bonds. The van der Waals surface area contributed by atoms with Gasteiger partial charge < -0.3 is 15.0 Å². The fourth-order valence-corrected chi connectivity index (χ4v) is 3.87. The molecule has 0 saturated carbocycles. The average molecular weight is 453 g/mol. The highest BCUT2D eigenvalue weighted by Gasteiger charge is 2.19. The van der Waals surface area contributed by atoms with E-state index in [4.69, 9.17) is 23.8 Å². The maximum atomic E-state index is 13.2. The van der Waals surface area contributed by atoms with Crippen molar-refractivity contribution in [3.63, 3.8) is 0 Å². The van der Waals surface area contributed by atoms with E-state index in [1.54, 1.807) is 35.0 Å². The zero-order valence-corrected chi connectivity index (χ0v) is 17.7. The minimum Gasteiger partial charge on any atom is -0.395 e. The van der Waals surface area contributed by atoms with Crippen LogP contribution in [0.5, 0.6) is 0 Å². The highest BCUT2D eigenvalue weighted by Crippen LogP contribution is 2.29. The molecule has 156 valence electrons. The Hall–Kier alpha value is -3.33. The first kappa shape index (κ1) is 20.9. The number of thiocarbonyl (C=S) groups is 1. The topological polar surface area (TPSA) is 96.2 Å². The number of aromatic nitrogens is 2. The van der Waals surface area contributed by atoms with Gasteiger partial charge in [0.1, 0.15) is 5.56 Å². The molecule has 0 aliphatic heterocycles. The van der Waals surface area contributed by atoms with Gasteiger partial charge >= 0.3 is 0 Å². The number of nitrogens with zero attached hydrogens (tertiary/aromatic N) is 2. The van der Waals surface area contributed by atoms with Crippen molar-refractivity contribution in [2.45, 2.75) is 6.54 Å². The summed E-state index contributed by atoms with van der Waals surface area (Å²) in [4.78, 5) is 30.3. The minimum atomic E-state index is -0.658. The molecule has 0 fully saturated rings. The van der Waals surface area contributed by atoms with Gasteiger partial charge in [0.2, 0.25) is 5.43 Å². The fraction of sp³-hybridized carbons (Fsp3) is 0.0909. The molecule has 9 heteroatoms. The molecule has 2 aromatic heterocycles. The van der Waals surface area contributed by atoms with Gasteiger partial charge in [-0.25, -0.2) is 0 Å². The van der Waals surface area contributed by atoms with Crippen LogP contribution in [0.3, 0.4) is 0 Å². The molecule has 0 atom stereocenters. The van der Waals surface area contributed by atoms with Crippen molar-refractivity contribution in [3.8, 4) is 0 Å². The second-order valence-corrected chi connectivity index (χ2v) is 7.53. The van der Waals surface area contributed by atoms with Crippen molar-refractivity contribution >= 4 is 62.3 Å². The highest BCUT2D eigenvalue weighted by atomic mass is 35.5. The zero-order valence-electron chi connectivity index (χ0n) is 16.1. The van der Waals surface area contributed by atoms with Crippen LogP contribution in [-0.2, 0) is 6.54 Å². The van der Waals surface area contributed by atoms with E-state index in [0.29, 0.717) is 27.1 Å². The monoisotopic (exact) mass is 452 g/mol. The predicted molar refractivity (Wildman–Crippen MR) is 126 cm³/mol. The maximum absolute atomic E-state index is 13.2. The quantitative estimate of drug-likeness (QED) is 0.325. The first-order valence-electron chi connectivity index (χ1n) is 9.38. The van der Waals surface area contributed by atoms with Crippen molar-refractivity contribution in [3.05, 3.63) is 81.7 Å². The number of hydrogen-bond donors (Lipinski definition) is 3. The van der Waals surface area contributed by atoms with Gasteiger partial charge in [-0.3, -0.25) is 19.9 Å². The van der Waals surface area contributed by atoms with Crippen LogP contribution >= 0.6 is 23.8 Å². The van der Waals surface area contributed by atoms with E-state index in [1.165, 1.54) is 12.3 Å². The molecule has 7 nitrogen and oxygen atoms in total. The summed E-state index contributed by atoms with van der Waals surface area (Å²) in [6.45, 7) is -0.00716. The second-order valence-electron chi connectivity index (χ2n) is 6.72. The molecule has 4 aromatic rings. The number of aliphatic hydroxyl groups excluding tert-OH is 1. The summed E-state index contributed by atoms with van der Waals surface area (Å²) in [5, 5.41) is 16.2. The van der Waals surface area contributed by atoms with Gasteiger partial charge in [-0.1, -0.05) is 29.8 Å². The number of aliphatic hydroxyl groups is 1. The maximum Gasteiger partial charge on any atom is 0.262 e. The fourth-order valence-electron chi connectivity index (χ4n) is 3.40. The normalized spacial score (nSPS) is 10.9. The molecule has 3 N–H and O–H groups in total.